The summed E-state index contributed by atoms with van der Waals surface area (Å²) < 4.78 is 6.22. The molecule has 1 saturated heterocycles. The van der Waals surface area contributed by atoms with Crippen molar-refractivity contribution in [3.8, 4) is 0 Å². The van der Waals surface area contributed by atoms with Gasteiger partial charge in [0.2, 0.25) is 0 Å². The number of fused-ring (bicyclic) bond motifs is 5. The molecule has 2 fully saturated rings. The first kappa shape index (κ1) is 18.0. The van der Waals surface area contributed by atoms with Crippen LogP contribution in [0.5, 0.6) is 0 Å². The van der Waals surface area contributed by atoms with Gasteiger partial charge in [0, 0.05) is 31.0 Å². The molecule has 2 heterocycles. The highest BCUT2D eigenvalue weighted by Gasteiger charge is 2.45. The summed E-state index contributed by atoms with van der Waals surface area (Å²) >= 11 is 0. The lowest BCUT2D eigenvalue weighted by atomic mass is 10.0. The quantitative estimate of drug-likeness (QED) is 0.695. The fourth-order valence-corrected chi connectivity index (χ4v) is 4.87. The molecular formula is C25H30N2O. The Bertz CT molecular complexity index is 834. The van der Waals surface area contributed by atoms with Crippen LogP contribution in [0, 0.1) is 0 Å². The van der Waals surface area contributed by atoms with Crippen molar-refractivity contribution in [2.45, 2.75) is 38.2 Å². The molecular weight excluding hydrogens is 344 g/mol. The lowest BCUT2D eigenvalue weighted by Crippen LogP contribution is -2.47. The summed E-state index contributed by atoms with van der Waals surface area (Å²) in [5.74, 6) is 1.37. The van der Waals surface area contributed by atoms with E-state index in [2.05, 4.69) is 78.3 Å². The Morgan fingerprint density at radius 2 is 1.64 bits per heavy atom. The van der Waals surface area contributed by atoms with Crippen molar-refractivity contribution in [2.24, 2.45) is 0 Å². The number of hydrogen-bond acceptors (Lipinski definition) is 3. The second-order valence-electron chi connectivity index (χ2n) is 8.71. The number of nitrogens with zero attached hydrogens (tertiary/aromatic N) is 2. The fourth-order valence-electron chi connectivity index (χ4n) is 4.87. The third-order valence-electron chi connectivity index (χ3n) is 6.41. The van der Waals surface area contributed by atoms with E-state index in [1.165, 1.54) is 34.5 Å². The van der Waals surface area contributed by atoms with Gasteiger partial charge in [0.1, 0.15) is 0 Å². The molecule has 1 saturated carbocycles. The molecule has 2 aliphatic heterocycles. The number of allylic oxidation sites excluding steroid dienone is 1. The van der Waals surface area contributed by atoms with Crippen molar-refractivity contribution < 1.29 is 4.74 Å². The Labute approximate surface area is 168 Å². The number of rotatable bonds is 4. The SMILES string of the molecule is CC(C)=CCN1CCOC(CN2c3ccccc3C3CC3c3ccccc32)C1. The molecule has 28 heavy (non-hydrogen) atoms. The van der Waals surface area contributed by atoms with Crippen LogP contribution in [0.4, 0.5) is 11.4 Å². The van der Waals surface area contributed by atoms with Gasteiger partial charge >= 0.3 is 0 Å². The summed E-state index contributed by atoms with van der Waals surface area (Å²) in [5, 5.41) is 0. The highest BCUT2D eigenvalue weighted by Crippen LogP contribution is 2.61. The zero-order chi connectivity index (χ0) is 19.1. The largest absolute Gasteiger partial charge is 0.374 e. The van der Waals surface area contributed by atoms with Crippen LogP contribution in [0.25, 0.3) is 0 Å². The minimum Gasteiger partial charge on any atom is -0.374 e. The Kier molecular flexibility index (Phi) is 4.73. The molecule has 3 atom stereocenters. The van der Waals surface area contributed by atoms with E-state index in [1.54, 1.807) is 0 Å². The summed E-state index contributed by atoms with van der Waals surface area (Å²) in [7, 11) is 0. The van der Waals surface area contributed by atoms with Gasteiger partial charge in [0.25, 0.3) is 0 Å². The number of para-hydroxylation sites is 2. The second-order valence-corrected chi connectivity index (χ2v) is 8.71. The molecule has 146 valence electrons. The first-order chi connectivity index (χ1) is 13.7. The molecule has 2 aromatic carbocycles. The van der Waals surface area contributed by atoms with Crippen molar-refractivity contribution >= 4 is 11.4 Å². The molecule has 3 heteroatoms. The van der Waals surface area contributed by atoms with Crippen LogP contribution >= 0.6 is 0 Å². The van der Waals surface area contributed by atoms with Crippen LogP contribution in [-0.4, -0.2) is 43.8 Å². The van der Waals surface area contributed by atoms with Crippen molar-refractivity contribution in [3.63, 3.8) is 0 Å². The molecule has 5 rings (SSSR count). The van der Waals surface area contributed by atoms with Crippen molar-refractivity contribution in [1.82, 2.24) is 4.90 Å². The average molecular weight is 375 g/mol. The predicted octanol–water partition coefficient (Wildman–Crippen LogP) is 5.08. The van der Waals surface area contributed by atoms with Crippen LogP contribution in [0.15, 0.2) is 60.2 Å². The number of anilines is 2. The van der Waals surface area contributed by atoms with E-state index in [1.807, 2.05) is 0 Å². The molecule has 0 spiro atoms. The Morgan fingerprint density at radius 3 is 2.29 bits per heavy atom. The predicted molar refractivity (Wildman–Crippen MR) is 116 cm³/mol. The van der Waals surface area contributed by atoms with Gasteiger partial charge in [-0.25, -0.2) is 0 Å². The normalized spacial score (nSPS) is 25.9. The third-order valence-corrected chi connectivity index (χ3v) is 6.41. The monoisotopic (exact) mass is 374 g/mol. The van der Waals surface area contributed by atoms with E-state index in [0.29, 0.717) is 11.8 Å². The fraction of sp³-hybridized carbons (Fsp3) is 0.440. The van der Waals surface area contributed by atoms with Gasteiger partial charge in [-0.3, -0.25) is 4.90 Å². The first-order valence-electron chi connectivity index (χ1n) is 10.6. The molecule has 3 unspecified atom stereocenters. The van der Waals surface area contributed by atoms with Gasteiger partial charge in [-0.15, -0.1) is 0 Å². The molecule has 0 radical (unpaired) electrons. The van der Waals surface area contributed by atoms with Gasteiger partial charge in [-0.1, -0.05) is 48.0 Å². The second kappa shape index (κ2) is 7.38. The number of ether oxygens (including phenoxy) is 1. The summed E-state index contributed by atoms with van der Waals surface area (Å²) in [6, 6.07) is 18.0. The number of hydrogen-bond donors (Lipinski definition) is 0. The van der Waals surface area contributed by atoms with E-state index in [4.69, 9.17) is 4.74 Å². The van der Waals surface area contributed by atoms with E-state index < -0.39 is 0 Å². The maximum Gasteiger partial charge on any atom is 0.0881 e. The van der Waals surface area contributed by atoms with E-state index >= 15 is 0 Å². The lowest BCUT2D eigenvalue weighted by molar-refractivity contribution is -0.0190. The molecule has 0 aromatic heterocycles. The van der Waals surface area contributed by atoms with Crippen LogP contribution in [0.2, 0.25) is 0 Å². The van der Waals surface area contributed by atoms with Crippen LogP contribution in [-0.2, 0) is 4.74 Å². The zero-order valence-electron chi connectivity index (χ0n) is 17.0. The van der Waals surface area contributed by atoms with Gasteiger partial charge < -0.3 is 9.64 Å². The molecule has 0 amide bonds. The van der Waals surface area contributed by atoms with Gasteiger partial charge in [-0.2, -0.15) is 0 Å². The van der Waals surface area contributed by atoms with Crippen LogP contribution in [0.1, 0.15) is 43.2 Å². The molecule has 3 nitrogen and oxygen atoms in total. The maximum atomic E-state index is 6.22. The van der Waals surface area contributed by atoms with E-state index in [-0.39, 0.29) is 6.10 Å². The maximum absolute atomic E-state index is 6.22. The van der Waals surface area contributed by atoms with Crippen molar-refractivity contribution in [2.75, 3.05) is 37.7 Å². The molecule has 1 aliphatic carbocycles. The van der Waals surface area contributed by atoms with E-state index in [0.717, 1.165) is 32.8 Å². The average Bonchev–Trinajstić information content (AvgIpc) is 3.52. The van der Waals surface area contributed by atoms with Gasteiger partial charge in [0.15, 0.2) is 0 Å². The van der Waals surface area contributed by atoms with Crippen LogP contribution < -0.4 is 4.90 Å². The minimum atomic E-state index is 0.231. The summed E-state index contributed by atoms with van der Waals surface area (Å²) in [6.07, 6.45) is 3.85. The number of benzene rings is 2. The minimum absolute atomic E-state index is 0.231. The Balaban J connectivity index is 1.43. The smallest absolute Gasteiger partial charge is 0.0881 e. The third kappa shape index (κ3) is 3.38. The van der Waals surface area contributed by atoms with Crippen LogP contribution in [0.3, 0.4) is 0 Å². The highest BCUT2D eigenvalue weighted by molar-refractivity contribution is 5.75. The molecule has 2 aromatic rings. The standard InChI is InChI=1S/C25H30N2O/c1-18(2)11-12-26-13-14-28-19(16-26)17-27-24-9-5-3-7-20(24)22-15-23(22)21-8-4-6-10-25(21)27/h3-11,19,22-23H,12-17H2,1-2H3. The molecule has 0 bridgehead atoms. The summed E-state index contributed by atoms with van der Waals surface area (Å²) in [6.45, 7) is 9.14. The van der Waals surface area contributed by atoms with Crippen molar-refractivity contribution in [3.05, 3.63) is 71.3 Å². The molecule has 3 aliphatic rings. The highest BCUT2D eigenvalue weighted by atomic mass is 16.5. The lowest BCUT2D eigenvalue weighted by Gasteiger charge is -2.37. The van der Waals surface area contributed by atoms with E-state index in [9.17, 15) is 0 Å². The number of morpholine rings is 1. The molecule has 0 N–H and O–H groups in total. The zero-order valence-corrected chi connectivity index (χ0v) is 17.0. The topological polar surface area (TPSA) is 15.7 Å². The van der Waals surface area contributed by atoms with Gasteiger partial charge in [-0.05, 0) is 55.4 Å². The van der Waals surface area contributed by atoms with Gasteiger partial charge in [0.05, 0.1) is 19.3 Å². The summed E-state index contributed by atoms with van der Waals surface area (Å²) in [5.41, 5.74) is 7.18. The summed E-state index contributed by atoms with van der Waals surface area (Å²) in [4.78, 5) is 5.06. The Hall–Kier alpha value is -2.10. The van der Waals surface area contributed by atoms with Crippen molar-refractivity contribution in [1.29, 1.82) is 0 Å². The first-order valence-corrected chi connectivity index (χ1v) is 10.6. The Morgan fingerprint density at radius 1 is 1.00 bits per heavy atom.